The minimum absolute atomic E-state index is 0.277. The van der Waals surface area contributed by atoms with Gasteiger partial charge in [-0.25, -0.2) is 4.98 Å². The van der Waals surface area contributed by atoms with Crippen LogP contribution in [0.4, 0.5) is 0 Å². The molecule has 0 spiro atoms. The summed E-state index contributed by atoms with van der Waals surface area (Å²) in [5, 5.41) is 0. The highest BCUT2D eigenvalue weighted by atomic mass is 16.2. The molecule has 1 fully saturated rings. The lowest BCUT2D eigenvalue weighted by Crippen LogP contribution is -2.44. The van der Waals surface area contributed by atoms with E-state index in [1.165, 1.54) is 0 Å². The topological polar surface area (TPSA) is 49.0 Å². The minimum atomic E-state index is 0.277. The summed E-state index contributed by atoms with van der Waals surface area (Å²) in [5.41, 5.74) is 1.04. The lowest BCUT2D eigenvalue weighted by Gasteiger charge is -2.36. The highest BCUT2D eigenvalue weighted by molar-refractivity contribution is 5.76. The number of aryl methyl sites for hydroxylation is 1. The first-order chi connectivity index (χ1) is 8.16. The fraction of sp³-hybridized carbons (Fsp3) is 0.692. The Labute approximate surface area is 102 Å². The molecule has 4 heteroatoms. The fourth-order valence-electron chi connectivity index (χ4n) is 2.58. The number of H-pyrrole nitrogens is 1. The van der Waals surface area contributed by atoms with Crippen molar-refractivity contribution in [3.05, 3.63) is 18.2 Å². The fourth-order valence-corrected chi connectivity index (χ4v) is 2.58. The second-order valence-corrected chi connectivity index (χ2v) is 5.14. The molecule has 0 bridgehead atoms. The summed E-state index contributed by atoms with van der Waals surface area (Å²) in [6, 6.07) is 0.396. The Morgan fingerprint density at radius 3 is 3.06 bits per heavy atom. The summed E-state index contributed by atoms with van der Waals surface area (Å²) in [7, 11) is 0. The number of rotatable bonds is 3. The van der Waals surface area contributed by atoms with Gasteiger partial charge in [-0.2, -0.15) is 0 Å². The van der Waals surface area contributed by atoms with Gasteiger partial charge in [-0.15, -0.1) is 0 Å². The average molecular weight is 235 g/mol. The molecule has 0 unspecified atom stereocenters. The number of likely N-dealkylation sites (tertiary alicyclic amines) is 1. The van der Waals surface area contributed by atoms with Crippen LogP contribution in [-0.4, -0.2) is 33.4 Å². The molecule has 0 radical (unpaired) electrons. The molecule has 2 heterocycles. The Hall–Kier alpha value is -1.32. The second-order valence-electron chi connectivity index (χ2n) is 5.14. The summed E-state index contributed by atoms with van der Waals surface area (Å²) in [6.45, 7) is 5.34. The summed E-state index contributed by atoms with van der Waals surface area (Å²) in [4.78, 5) is 21.1. The number of amides is 1. The number of nitrogens with zero attached hydrogens (tertiary/aromatic N) is 2. The molecule has 0 aromatic carbocycles. The van der Waals surface area contributed by atoms with Gasteiger partial charge in [0.2, 0.25) is 5.91 Å². The average Bonchev–Trinajstić information content (AvgIpc) is 2.78. The molecule has 17 heavy (non-hydrogen) atoms. The van der Waals surface area contributed by atoms with E-state index < -0.39 is 0 Å². The van der Waals surface area contributed by atoms with Crippen LogP contribution >= 0.6 is 0 Å². The molecule has 1 saturated heterocycles. The van der Waals surface area contributed by atoms with Crippen LogP contribution in [0, 0.1) is 5.92 Å². The van der Waals surface area contributed by atoms with Crippen molar-refractivity contribution in [2.24, 2.45) is 5.92 Å². The zero-order valence-corrected chi connectivity index (χ0v) is 10.6. The predicted octanol–water partition coefficient (Wildman–Crippen LogP) is 1.99. The van der Waals surface area contributed by atoms with Gasteiger partial charge >= 0.3 is 0 Å². The predicted molar refractivity (Wildman–Crippen MR) is 66.5 cm³/mol. The van der Waals surface area contributed by atoms with Crippen molar-refractivity contribution in [3.63, 3.8) is 0 Å². The number of aromatic nitrogens is 2. The van der Waals surface area contributed by atoms with E-state index in [4.69, 9.17) is 0 Å². The van der Waals surface area contributed by atoms with Crippen molar-refractivity contribution in [1.29, 1.82) is 0 Å². The van der Waals surface area contributed by atoms with Gasteiger partial charge in [0.25, 0.3) is 0 Å². The number of aromatic amines is 1. The molecule has 1 aromatic rings. The first kappa shape index (κ1) is 12.1. The molecule has 1 N–H and O–H groups in total. The summed E-state index contributed by atoms with van der Waals surface area (Å²) in [6.07, 6.45) is 7.06. The highest BCUT2D eigenvalue weighted by Gasteiger charge is 2.26. The Morgan fingerprint density at radius 2 is 2.41 bits per heavy atom. The van der Waals surface area contributed by atoms with Crippen molar-refractivity contribution in [2.75, 3.05) is 6.54 Å². The SMILES string of the molecule is C[C@@H]1CCN(C(=O)CCc2cnc[nH]2)[C@H](C)C1. The van der Waals surface area contributed by atoms with E-state index in [1.54, 1.807) is 12.5 Å². The molecule has 1 aliphatic heterocycles. The molecule has 1 aromatic heterocycles. The van der Waals surface area contributed by atoms with Gasteiger partial charge < -0.3 is 9.88 Å². The lowest BCUT2D eigenvalue weighted by molar-refractivity contribution is -0.135. The van der Waals surface area contributed by atoms with Crippen molar-refractivity contribution < 1.29 is 4.79 Å². The van der Waals surface area contributed by atoms with Gasteiger partial charge in [0.15, 0.2) is 0 Å². The second kappa shape index (κ2) is 5.34. The van der Waals surface area contributed by atoms with Crippen LogP contribution < -0.4 is 0 Å². The number of hydrogen-bond acceptors (Lipinski definition) is 2. The van der Waals surface area contributed by atoms with Gasteiger partial charge in [0.05, 0.1) is 6.33 Å². The van der Waals surface area contributed by atoms with E-state index in [9.17, 15) is 4.79 Å². The number of hydrogen-bond donors (Lipinski definition) is 1. The van der Waals surface area contributed by atoms with Crippen molar-refractivity contribution in [1.82, 2.24) is 14.9 Å². The lowest BCUT2D eigenvalue weighted by atomic mass is 9.93. The monoisotopic (exact) mass is 235 g/mol. The number of carbonyl (C=O) groups excluding carboxylic acids is 1. The normalized spacial score (nSPS) is 24.9. The molecule has 0 saturated carbocycles. The molecular formula is C13H21N3O. The summed E-state index contributed by atoms with van der Waals surface area (Å²) >= 11 is 0. The Morgan fingerprint density at radius 1 is 1.59 bits per heavy atom. The van der Waals surface area contributed by atoms with Crippen LogP contribution in [0.5, 0.6) is 0 Å². The maximum Gasteiger partial charge on any atom is 0.223 e. The number of carbonyl (C=O) groups is 1. The quantitative estimate of drug-likeness (QED) is 0.871. The first-order valence-corrected chi connectivity index (χ1v) is 6.43. The largest absolute Gasteiger partial charge is 0.348 e. The number of piperidine rings is 1. The third kappa shape index (κ3) is 3.08. The van der Waals surface area contributed by atoms with Crippen molar-refractivity contribution >= 4 is 5.91 Å². The molecule has 2 atom stereocenters. The third-order valence-corrected chi connectivity index (χ3v) is 3.62. The Kier molecular flexibility index (Phi) is 3.82. The Bertz CT molecular complexity index is 361. The van der Waals surface area contributed by atoms with Crippen LogP contribution in [0.15, 0.2) is 12.5 Å². The third-order valence-electron chi connectivity index (χ3n) is 3.62. The van der Waals surface area contributed by atoms with Gasteiger partial charge in [-0.05, 0) is 32.1 Å². The molecule has 94 valence electrons. The van der Waals surface area contributed by atoms with E-state index >= 15 is 0 Å². The van der Waals surface area contributed by atoms with Gasteiger partial charge in [-0.3, -0.25) is 4.79 Å². The zero-order chi connectivity index (χ0) is 12.3. The Balaban J connectivity index is 1.83. The minimum Gasteiger partial charge on any atom is -0.348 e. The molecular weight excluding hydrogens is 214 g/mol. The van der Waals surface area contributed by atoms with Crippen LogP contribution in [0.25, 0.3) is 0 Å². The van der Waals surface area contributed by atoms with E-state index in [2.05, 4.69) is 23.8 Å². The van der Waals surface area contributed by atoms with E-state index in [0.29, 0.717) is 12.5 Å². The smallest absolute Gasteiger partial charge is 0.223 e. The standard InChI is InChI=1S/C13H21N3O/c1-10-5-6-16(11(2)7-10)13(17)4-3-12-8-14-9-15-12/h8-11H,3-7H2,1-2H3,(H,14,15)/t10-,11-/m1/s1. The molecule has 1 aliphatic rings. The number of imidazole rings is 1. The van der Waals surface area contributed by atoms with Crippen molar-refractivity contribution in [2.45, 2.75) is 45.6 Å². The first-order valence-electron chi connectivity index (χ1n) is 6.43. The van der Waals surface area contributed by atoms with E-state index in [0.717, 1.165) is 37.4 Å². The molecule has 1 amide bonds. The number of nitrogens with one attached hydrogen (secondary N) is 1. The van der Waals surface area contributed by atoms with E-state index in [1.807, 2.05) is 4.90 Å². The summed E-state index contributed by atoms with van der Waals surface area (Å²) in [5.74, 6) is 1.03. The van der Waals surface area contributed by atoms with Gasteiger partial charge in [0, 0.05) is 30.9 Å². The van der Waals surface area contributed by atoms with Crippen LogP contribution in [0.1, 0.15) is 38.8 Å². The van der Waals surface area contributed by atoms with Crippen LogP contribution in [-0.2, 0) is 11.2 Å². The summed E-state index contributed by atoms with van der Waals surface area (Å²) < 4.78 is 0. The molecule has 4 nitrogen and oxygen atoms in total. The van der Waals surface area contributed by atoms with Crippen molar-refractivity contribution in [3.8, 4) is 0 Å². The highest BCUT2D eigenvalue weighted by Crippen LogP contribution is 2.22. The molecule has 2 rings (SSSR count). The molecule has 0 aliphatic carbocycles. The van der Waals surface area contributed by atoms with E-state index in [-0.39, 0.29) is 5.91 Å². The zero-order valence-electron chi connectivity index (χ0n) is 10.6. The van der Waals surface area contributed by atoms with Crippen LogP contribution in [0.2, 0.25) is 0 Å². The van der Waals surface area contributed by atoms with Gasteiger partial charge in [-0.1, -0.05) is 6.92 Å². The van der Waals surface area contributed by atoms with Gasteiger partial charge in [0.1, 0.15) is 0 Å². The van der Waals surface area contributed by atoms with Crippen LogP contribution in [0.3, 0.4) is 0 Å². The maximum absolute atomic E-state index is 12.1. The maximum atomic E-state index is 12.1.